The summed E-state index contributed by atoms with van der Waals surface area (Å²) in [6.45, 7) is -0.959. The predicted octanol–water partition coefficient (Wildman–Crippen LogP) is -4.16. The van der Waals surface area contributed by atoms with E-state index in [0.29, 0.717) is 0 Å². The molecule has 0 fully saturated rings. The number of hydrogen-bond acceptors (Lipinski definition) is 7. The van der Waals surface area contributed by atoms with Gasteiger partial charge in [0.2, 0.25) is 0 Å². The van der Waals surface area contributed by atoms with Crippen LogP contribution in [0.15, 0.2) is 0 Å². The average molecular weight is 192 g/mol. The third kappa shape index (κ3) is 4.41. The highest BCUT2D eigenvalue weighted by Crippen LogP contribution is 1.98. The van der Waals surface area contributed by atoms with Gasteiger partial charge < -0.3 is 34.4 Å². The fourth-order valence-electron chi connectivity index (χ4n) is 0.548. The smallest absolute Gasteiger partial charge is 0.186 e. The van der Waals surface area contributed by atoms with Crippen molar-refractivity contribution in [3.8, 4) is 0 Å². The molecule has 0 aromatic carbocycles. The van der Waals surface area contributed by atoms with Crippen LogP contribution in [-0.2, 0) is 19.1 Å². The Bertz CT molecular complexity index is 189. The Morgan fingerprint density at radius 1 is 1.46 bits per heavy atom. The maximum absolute atomic E-state index is 10.2. The van der Waals surface area contributed by atoms with Crippen molar-refractivity contribution in [2.75, 3.05) is 13.7 Å². The number of aliphatic hydroxyl groups excluding tert-OH is 1. The first-order valence-corrected chi connectivity index (χ1v) is 3.22. The summed E-state index contributed by atoms with van der Waals surface area (Å²) < 4.78 is 8.42. The summed E-state index contributed by atoms with van der Waals surface area (Å²) >= 11 is 0. The maximum atomic E-state index is 10.2. The van der Waals surface area contributed by atoms with Crippen molar-refractivity contribution in [1.29, 1.82) is 0 Å². The van der Waals surface area contributed by atoms with Gasteiger partial charge in [-0.05, 0) is 0 Å². The van der Waals surface area contributed by atoms with E-state index in [1.807, 2.05) is 0 Å². The number of carboxylic acid groups (broad SMARTS) is 2. The van der Waals surface area contributed by atoms with E-state index >= 15 is 0 Å². The fourth-order valence-corrected chi connectivity index (χ4v) is 0.548. The molecule has 1 N–H and O–H groups in total. The standard InChI is InChI=1S/C6H10O7/c1-12-6(11)4(5(9)10)13-2-3(7)8/h4,6,11H,2H2,1H3,(H,7,8)(H,9,10)/p-2. The Hall–Kier alpha value is -1.18. The Kier molecular flexibility index (Phi) is 4.97. The summed E-state index contributed by atoms with van der Waals surface area (Å²) in [5.41, 5.74) is 0. The van der Waals surface area contributed by atoms with Crippen molar-refractivity contribution in [3.63, 3.8) is 0 Å². The van der Waals surface area contributed by atoms with Gasteiger partial charge >= 0.3 is 0 Å². The molecule has 76 valence electrons. The number of aliphatic carboxylic acids is 2. The molecule has 7 heteroatoms. The largest absolute Gasteiger partial charge is 0.548 e. The van der Waals surface area contributed by atoms with Crippen molar-refractivity contribution in [1.82, 2.24) is 0 Å². The average Bonchev–Trinajstić information content (AvgIpc) is 2.03. The summed E-state index contributed by atoms with van der Waals surface area (Å²) in [5.74, 6) is -3.37. The SMILES string of the molecule is COC(O)C(OCC(=O)[O-])C(=O)[O-]. The van der Waals surface area contributed by atoms with Crippen molar-refractivity contribution >= 4 is 11.9 Å². The zero-order chi connectivity index (χ0) is 10.4. The van der Waals surface area contributed by atoms with Crippen LogP contribution in [-0.4, -0.2) is 43.2 Å². The van der Waals surface area contributed by atoms with E-state index in [4.69, 9.17) is 5.11 Å². The van der Waals surface area contributed by atoms with E-state index in [0.717, 1.165) is 7.11 Å². The molecule has 0 aromatic rings. The van der Waals surface area contributed by atoms with Crippen LogP contribution in [0.2, 0.25) is 0 Å². The summed E-state index contributed by atoms with van der Waals surface area (Å²) in [5, 5.41) is 28.9. The van der Waals surface area contributed by atoms with Crippen LogP contribution in [0.25, 0.3) is 0 Å². The fraction of sp³-hybridized carbons (Fsp3) is 0.667. The second-order valence-corrected chi connectivity index (χ2v) is 2.05. The Labute approximate surface area is 73.5 Å². The molecule has 0 aromatic heterocycles. The second kappa shape index (κ2) is 5.46. The Balaban J connectivity index is 4.10. The van der Waals surface area contributed by atoms with Crippen LogP contribution in [0.1, 0.15) is 0 Å². The van der Waals surface area contributed by atoms with Gasteiger partial charge in [0.25, 0.3) is 0 Å². The topological polar surface area (TPSA) is 119 Å². The molecule has 0 rings (SSSR count). The number of aliphatic hydroxyl groups is 1. The Morgan fingerprint density at radius 3 is 2.31 bits per heavy atom. The summed E-state index contributed by atoms with van der Waals surface area (Å²) in [4.78, 5) is 20.1. The number of carbonyl (C=O) groups excluding carboxylic acids is 2. The number of carbonyl (C=O) groups is 2. The molecule has 0 aliphatic carbocycles. The second-order valence-electron chi connectivity index (χ2n) is 2.05. The van der Waals surface area contributed by atoms with Gasteiger partial charge in [-0.3, -0.25) is 0 Å². The first-order valence-electron chi connectivity index (χ1n) is 3.22. The van der Waals surface area contributed by atoms with Gasteiger partial charge in [0, 0.05) is 7.11 Å². The van der Waals surface area contributed by atoms with E-state index in [-0.39, 0.29) is 0 Å². The number of hydrogen-bond donors (Lipinski definition) is 1. The van der Waals surface area contributed by atoms with E-state index in [1.54, 1.807) is 0 Å². The third-order valence-electron chi connectivity index (χ3n) is 1.11. The molecule has 0 aliphatic heterocycles. The van der Waals surface area contributed by atoms with Gasteiger partial charge in [0.15, 0.2) is 6.29 Å². The zero-order valence-corrected chi connectivity index (χ0v) is 6.76. The molecule has 0 aliphatic rings. The van der Waals surface area contributed by atoms with Crippen molar-refractivity contribution < 1.29 is 34.4 Å². The third-order valence-corrected chi connectivity index (χ3v) is 1.11. The van der Waals surface area contributed by atoms with Crippen molar-refractivity contribution in [2.45, 2.75) is 12.4 Å². The zero-order valence-electron chi connectivity index (χ0n) is 6.76. The lowest BCUT2D eigenvalue weighted by Crippen LogP contribution is -2.47. The molecular weight excluding hydrogens is 184 g/mol. The van der Waals surface area contributed by atoms with Gasteiger partial charge in [-0.15, -0.1) is 0 Å². The quantitative estimate of drug-likeness (QED) is 0.424. The molecule has 0 heterocycles. The molecule has 7 nitrogen and oxygen atoms in total. The highest BCUT2D eigenvalue weighted by molar-refractivity contribution is 5.71. The number of ether oxygens (including phenoxy) is 2. The van der Waals surface area contributed by atoms with Crippen molar-refractivity contribution in [3.05, 3.63) is 0 Å². The predicted molar refractivity (Wildman–Crippen MR) is 32.8 cm³/mol. The summed E-state index contributed by atoms with van der Waals surface area (Å²) in [7, 11) is 1.03. The van der Waals surface area contributed by atoms with Crippen molar-refractivity contribution in [2.24, 2.45) is 0 Å². The minimum Gasteiger partial charge on any atom is -0.548 e. The van der Waals surface area contributed by atoms with E-state index in [9.17, 15) is 19.8 Å². The lowest BCUT2D eigenvalue weighted by molar-refractivity contribution is -0.332. The first kappa shape index (κ1) is 11.8. The minimum absolute atomic E-state index is 0.959. The lowest BCUT2D eigenvalue weighted by Gasteiger charge is -2.22. The molecule has 0 bridgehead atoms. The molecular formula is C6H8O7-2. The molecule has 2 unspecified atom stereocenters. The van der Waals surface area contributed by atoms with Crippen LogP contribution in [0.3, 0.4) is 0 Å². The molecule has 13 heavy (non-hydrogen) atoms. The molecule has 0 saturated carbocycles. The van der Waals surface area contributed by atoms with E-state index in [1.165, 1.54) is 0 Å². The van der Waals surface area contributed by atoms with Crippen LogP contribution >= 0.6 is 0 Å². The number of methoxy groups -OCH3 is 1. The van der Waals surface area contributed by atoms with E-state index in [2.05, 4.69) is 9.47 Å². The normalized spacial score (nSPS) is 14.9. The van der Waals surface area contributed by atoms with Gasteiger partial charge in [-0.1, -0.05) is 0 Å². The highest BCUT2D eigenvalue weighted by atomic mass is 16.6. The van der Waals surface area contributed by atoms with Crippen LogP contribution in [0.4, 0.5) is 0 Å². The molecule has 2 atom stereocenters. The molecule has 0 spiro atoms. The van der Waals surface area contributed by atoms with Gasteiger partial charge in [-0.2, -0.15) is 0 Å². The lowest BCUT2D eigenvalue weighted by atomic mass is 10.3. The van der Waals surface area contributed by atoms with Crippen LogP contribution < -0.4 is 10.2 Å². The van der Waals surface area contributed by atoms with Crippen LogP contribution in [0.5, 0.6) is 0 Å². The molecule has 0 saturated heterocycles. The van der Waals surface area contributed by atoms with Gasteiger partial charge in [0.1, 0.15) is 6.10 Å². The van der Waals surface area contributed by atoms with Gasteiger partial charge in [0.05, 0.1) is 18.5 Å². The maximum Gasteiger partial charge on any atom is 0.186 e. The van der Waals surface area contributed by atoms with Crippen LogP contribution in [0, 0.1) is 0 Å². The van der Waals surface area contributed by atoms with E-state index < -0.39 is 30.9 Å². The number of rotatable bonds is 6. The monoisotopic (exact) mass is 192 g/mol. The van der Waals surface area contributed by atoms with Gasteiger partial charge in [-0.25, -0.2) is 0 Å². The summed E-state index contributed by atoms with van der Waals surface area (Å²) in [6, 6.07) is 0. The minimum atomic E-state index is -1.84. The first-order chi connectivity index (χ1) is 5.99. The summed E-state index contributed by atoms with van der Waals surface area (Å²) in [6.07, 6.45) is -3.62. The molecule has 0 amide bonds. The Morgan fingerprint density at radius 2 is 2.00 bits per heavy atom. The highest BCUT2D eigenvalue weighted by Gasteiger charge is 2.20. The molecule has 0 radical (unpaired) electrons. The number of carboxylic acids is 2.